The van der Waals surface area contributed by atoms with Gasteiger partial charge in [0.15, 0.2) is 0 Å². The van der Waals surface area contributed by atoms with Crippen LogP contribution in [0.5, 0.6) is 5.75 Å². The molecule has 0 saturated heterocycles. The number of nitrogens with two attached hydrogens (primary N) is 1. The molecular formula is C16H18FNOS. The van der Waals surface area contributed by atoms with Gasteiger partial charge in [0.05, 0.1) is 7.11 Å². The van der Waals surface area contributed by atoms with E-state index < -0.39 is 0 Å². The lowest BCUT2D eigenvalue weighted by molar-refractivity contribution is 0.414. The van der Waals surface area contributed by atoms with E-state index in [9.17, 15) is 4.39 Å². The fourth-order valence-electron chi connectivity index (χ4n) is 1.90. The van der Waals surface area contributed by atoms with Crippen molar-refractivity contribution < 1.29 is 9.13 Å². The molecule has 0 radical (unpaired) electrons. The second-order valence-electron chi connectivity index (χ2n) is 4.58. The lowest BCUT2D eigenvalue weighted by Gasteiger charge is -2.20. The molecule has 0 aliphatic carbocycles. The third-order valence-electron chi connectivity index (χ3n) is 3.14. The van der Waals surface area contributed by atoms with Crippen LogP contribution < -0.4 is 10.5 Å². The molecule has 0 aromatic heterocycles. The Morgan fingerprint density at radius 1 is 1.05 bits per heavy atom. The van der Waals surface area contributed by atoms with Crippen LogP contribution in [0.4, 0.5) is 4.39 Å². The molecule has 0 spiro atoms. The third kappa shape index (κ3) is 3.74. The van der Waals surface area contributed by atoms with E-state index >= 15 is 0 Å². The summed E-state index contributed by atoms with van der Waals surface area (Å²) in [7, 11) is 1.64. The maximum atomic E-state index is 12.9. The summed E-state index contributed by atoms with van der Waals surface area (Å²) in [5.74, 6) is 0.598. The van der Waals surface area contributed by atoms with Crippen molar-refractivity contribution >= 4 is 11.8 Å². The van der Waals surface area contributed by atoms with E-state index in [4.69, 9.17) is 10.5 Å². The van der Waals surface area contributed by atoms with Gasteiger partial charge in [-0.15, -0.1) is 11.8 Å². The van der Waals surface area contributed by atoms with Gasteiger partial charge in [0.2, 0.25) is 0 Å². The highest BCUT2D eigenvalue weighted by Crippen LogP contribution is 2.31. The van der Waals surface area contributed by atoms with Gasteiger partial charge in [-0.25, -0.2) is 4.39 Å². The Bertz CT molecular complexity index is 541. The van der Waals surface area contributed by atoms with E-state index in [2.05, 4.69) is 6.92 Å². The molecule has 20 heavy (non-hydrogen) atoms. The van der Waals surface area contributed by atoms with Gasteiger partial charge in [-0.1, -0.05) is 19.1 Å². The van der Waals surface area contributed by atoms with Gasteiger partial charge in [0, 0.05) is 16.2 Å². The van der Waals surface area contributed by atoms with Crippen molar-refractivity contribution in [1.29, 1.82) is 0 Å². The van der Waals surface area contributed by atoms with Crippen LogP contribution in [-0.4, -0.2) is 12.4 Å². The van der Waals surface area contributed by atoms with Crippen LogP contribution in [0.2, 0.25) is 0 Å². The Morgan fingerprint density at radius 3 is 2.20 bits per heavy atom. The zero-order valence-electron chi connectivity index (χ0n) is 11.5. The normalized spacial score (nSPS) is 13.8. The molecule has 2 unspecified atom stereocenters. The number of thioether (sulfide) groups is 1. The molecule has 0 amide bonds. The molecule has 2 nitrogen and oxygen atoms in total. The zero-order chi connectivity index (χ0) is 14.5. The predicted molar refractivity (Wildman–Crippen MR) is 81.6 cm³/mol. The minimum atomic E-state index is -0.221. The van der Waals surface area contributed by atoms with Crippen LogP contribution in [0, 0.1) is 5.82 Å². The molecule has 0 bridgehead atoms. The molecule has 2 N–H and O–H groups in total. The number of hydrogen-bond donors (Lipinski definition) is 1. The molecule has 2 atom stereocenters. The van der Waals surface area contributed by atoms with E-state index in [1.165, 1.54) is 12.1 Å². The maximum Gasteiger partial charge on any atom is 0.123 e. The summed E-state index contributed by atoms with van der Waals surface area (Å²) < 4.78 is 18.0. The number of halogens is 1. The lowest BCUT2D eigenvalue weighted by Crippen LogP contribution is -2.20. The summed E-state index contributed by atoms with van der Waals surface area (Å²) in [4.78, 5) is 1.02. The molecule has 0 aliphatic rings. The van der Waals surface area contributed by atoms with Crippen molar-refractivity contribution in [1.82, 2.24) is 0 Å². The third-order valence-corrected chi connectivity index (χ3v) is 4.35. The maximum absolute atomic E-state index is 12.9. The summed E-state index contributed by atoms with van der Waals surface area (Å²) >= 11 is 1.64. The Morgan fingerprint density at radius 2 is 1.65 bits per heavy atom. The summed E-state index contributed by atoms with van der Waals surface area (Å²) in [5, 5.41) is 0.189. The first kappa shape index (κ1) is 14.9. The Hall–Kier alpha value is -1.52. The Balaban J connectivity index is 2.03. The van der Waals surface area contributed by atoms with Crippen molar-refractivity contribution in [2.45, 2.75) is 23.1 Å². The van der Waals surface area contributed by atoms with Crippen LogP contribution in [0.15, 0.2) is 53.4 Å². The fourth-order valence-corrected chi connectivity index (χ4v) is 2.92. The van der Waals surface area contributed by atoms with Crippen molar-refractivity contribution in [3.8, 4) is 5.75 Å². The average molecular weight is 291 g/mol. The number of ether oxygens (including phenoxy) is 1. The van der Waals surface area contributed by atoms with Crippen LogP contribution in [-0.2, 0) is 0 Å². The second-order valence-corrected chi connectivity index (χ2v) is 6.03. The highest BCUT2D eigenvalue weighted by molar-refractivity contribution is 8.00. The zero-order valence-corrected chi connectivity index (χ0v) is 12.4. The van der Waals surface area contributed by atoms with Gasteiger partial charge < -0.3 is 10.5 Å². The first-order valence-corrected chi connectivity index (χ1v) is 7.30. The fraction of sp³-hybridized carbons (Fsp3) is 0.250. The van der Waals surface area contributed by atoms with Gasteiger partial charge >= 0.3 is 0 Å². The number of rotatable bonds is 5. The molecule has 0 aliphatic heterocycles. The number of hydrogen-bond acceptors (Lipinski definition) is 3. The standard InChI is InChI=1S/C16H18FNOS/c1-11(20-15-9-5-13(17)6-10-15)16(18)12-3-7-14(19-2)8-4-12/h3-11,16H,18H2,1-2H3. The summed E-state index contributed by atoms with van der Waals surface area (Å²) in [6, 6.07) is 14.2. The molecule has 0 saturated carbocycles. The van der Waals surface area contributed by atoms with Crippen molar-refractivity contribution in [3.63, 3.8) is 0 Å². The molecule has 2 aromatic carbocycles. The topological polar surface area (TPSA) is 35.2 Å². The van der Waals surface area contributed by atoms with Crippen LogP contribution in [0.1, 0.15) is 18.5 Å². The monoisotopic (exact) mass is 291 g/mol. The van der Waals surface area contributed by atoms with Crippen LogP contribution in [0.3, 0.4) is 0 Å². The smallest absolute Gasteiger partial charge is 0.123 e. The van der Waals surface area contributed by atoms with Gasteiger partial charge in [0.1, 0.15) is 11.6 Å². The largest absolute Gasteiger partial charge is 0.497 e. The molecule has 2 rings (SSSR count). The van der Waals surface area contributed by atoms with Gasteiger partial charge in [-0.3, -0.25) is 0 Å². The minimum absolute atomic E-state index is 0.0871. The average Bonchev–Trinajstić information content (AvgIpc) is 2.49. The number of benzene rings is 2. The Labute approximate surface area is 123 Å². The summed E-state index contributed by atoms with van der Waals surface area (Å²) in [6.45, 7) is 2.07. The van der Waals surface area contributed by atoms with E-state index in [1.807, 2.05) is 24.3 Å². The quantitative estimate of drug-likeness (QED) is 0.845. The van der Waals surface area contributed by atoms with E-state index in [0.717, 1.165) is 16.2 Å². The van der Waals surface area contributed by atoms with E-state index in [0.29, 0.717) is 0 Å². The molecule has 4 heteroatoms. The summed E-state index contributed by atoms with van der Waals surface area (Å²) in [6.07, 6.45) is 0. The predicted octanol–water partition coefficient (Wildman–Crippen LogP) is 4.01. The van der Waals surface area contributed by atoms with Crippen molar-refractivity contribution in [3.05, 3.63) is 59.9 Å². The molecule has 0 heterocycles. The van der Waals surface area contributed by atoms with Crippen LogP contribution in [0.25, 0.3) is 0 Å². The summed E-state index contributed by atoms with van der Waals surface area (Å²) in [5.41, 5.74) is 7.33. The van der Waals surface area contributed by atoms with Gasteiger partial charge in [-0.2, -0.15) is 0 Å². The van der Waals surface area contributed by atoms with Crippen molar-refractivity contribution in [2.75, 3.05) is 7.11 Å². The molecule has 0 fully saturated rings. The highest BCUT2D eigenvalue weighted by Gasteiger charge is 2.16. The molecule has 106 valence electrons. The Kier molecular flexibility index (Phi) is 5.04. The van der Waals surface area contributed by atoms with E-state index in [-0.39, 0.29) is 17.1 Å². The van der Waals surface area contributed by atoms with Gasteiger partial charge in [-0.05, 0) is 42.0 Å². The van der Waals surface area contributed by atoms with E-state index in [1.54, 1.807) is 31.0 Å². The molecule has 2 aromatic rings. The van der Waals surface area contributed by atoms with Crippen molar-refractivity contribution in [2.24, 2.45) is 5.73 Å². The minimum Gasteiger partial charge on any atom is -0.497 e. The second kappa shape index (κ2) is 6.77. The first-order chi connectivity index (χ1) is 9.60. The van der Waals surface area contributed by atoms with Gasteiger partial charge in [0.25, 0.3) is 0 Å². The molecular weight excluding hydrogens is 273 g/mol. The highest BCUT2D eigenvalue weighted by atomic mass is 32.2. The first-order valence-electron chi connectivity index (χ1n) is 6.42. The SMILES string of the molecule is COc1ccc(C(N)C(C)Sc2ccc(F)cc2)cc1. The number of methoxy groups -OCH3 is 1. The van der Waals surface area contributed by atoms with Crippen LogP contribution >= 0.6 is 11.8 Å². The lowest BCUT2D eigenvalue weighted by atomic mass is 10.1.